The van der Waals surface area contributed by atoms with Crippen molar-refractivity contribution in [2.24, 2.45) is 0 Å². The van der Waals surface area contributed by atoms with E-state index in [0.717, 1.165) is 18.5 Å². The summed E-state index contributed by atoms with van der Waals surface area (Å²) in [5.41, 5.74) is 2.38. The number of terminal acetylenes is 1. The molecule has 0 aliphatic heterocycles. The molecule has 0 amide bonds. The summed E-state index contributed by atoms with van der Waals surface area (Å²) >= 11 is 0. The van der Waals surface area contributed by atoms with Crippen LogP contribution < -0.4 is 0 Å². The molecule has 1 nitrogen and oxygen atoms in total. The Balaban J connectivity index is 4.26. The van der Waals surface area contributed by atoms with Gasteiger partial charge in [-0.05, 0) is 26.0 Å². The zero-order chi connectivity index (χ0) is 12.4. The molecule has 0 saturated carbocycles. The topological polar surface area (TPSA) is 3.24 Å². The lowest BCUT2D eigenvalue weighted by Gasteiger charge is -2.15. The largest absolute Gasteiger partial charge is 0.291 e. The summed E-state index contributed by atoms with van der Waals surface area (Å²) in [5.74, 6) is 2.62. The van der Waals surface area contributed by atoms with Crippen LogP contribution in [0.25, 0.3) is 0 Å². The van der Waals surface area contributed by atoms with Gasteiger partial charge in [-0.3, -0.25) is 4.90 Å². The van der Waals surface area contributed by atoms with Crippen LogP contribution in [0.2, 0.25) is 0 Å². The van der Waals surface area contributed by atoms with Gasteiger partial charge >= 0.3 is 0 Å². The zero-order valence-electron chi connectivity index (χ0n) is 10.4. The van der Waals surface area contributed by atoms with E-state index in [1.165, 1.54) is 5.57 Å². The molecule has 0 fully saturated rings. The molecule has 0 saturated heterocycles. The third-order valence-electron chi connectivity index (χ3n) is 2.02. The molecule has 0 aromatic rings. The molecule has 0 aromatic carbocycles. The monoisotopic (exact) mass is 215 g/mol. The van der Waals surface area contributed by atoms with Gasteiger partial charge in [-0.1, -0.05) is 49.0 Å². The van der Waals surface area contributed by atoms with E-state index in [1.54, 1.807) is 6.08 Å². The van der Waals surface area contributed by atoms with Gasteiger partial charge in [-0.15, -0.1) is 6.42 Å². The summed E-state index contributed by atoms with van der Waals surface area (Å²) < 4.78 is 0. The summed E-state index contributed by atoms with van der Waals surface area (Å²) in [6.45, 7) is 11.3. The number of hydrogen-bond donors (Lipinski definition) is 0. The second kappa shape index (κ2) is 8.76. The Morgan fingerprint density at radius 2 is 2.19 bits per heavy atom. The van der Waals surface area contributed by atoms with Gasteiger partial charge in [0.25, 0.3) is 0 Å². The highest BCUT2D eigenvalue weighted by atomic mass is 15.1. The van der Waals surface area contributed by atoms with E-state index in [2.05, 4.69) is 30.1 Å². The fourth-order valence-electron chi connectivity index (χ4n) is 1.48. The van der Waals surface area contributed by atoms with Gasteiger partial charge in [-0.2, -0.15) is 0 Å². The highest BCUT2D eigenvalue weighted by molar-refractivity contribution is 5.27. The van der Waals surface area contributed by atoms with Crippen molar-refractivity contribution in [3.05, 3.63) is 48.6 Å². The number of likely N-dealkylation sites (N-methyl/N-ethyl adjacent to an activating group) is 1. The van der Waals surface area contributed by atoms with Crippen LogP contribution in [0.1, 0.15) is 13.3 Å². The molecular weight excluding hydrogens is 194 g/mol. The fourth-order valence-corrected chi connectivity index (χ4v) is 1.48. The molecule has 86 valence electrons. The van der Waals surface area contributed by atoms with Crippen molar-refractivity contribution in [1.82, 2.24) is 4.90 Å². The molecule has 0 unspecified atom stereocenters. The Morgan fingerprint density at radius 1 is 1.50 bits per heavy atom. The number of hydrogen-bond acceptors (Lipinski definition) is 1. The molecule has 0 radical (unpaired) electrons. The van der Waals surface area contributed by atoms with Crippen molar-refractivity contribution in [3.63, 3.8) is 0 Å². The summed E-state index contributed by atoms with van der Waals surface area (Å²) in [6, 6.07) is 0. The van der Waals surface area contributed by atoms with Crippen LogP contribution in [0.5, 0.6) is 0 Å². The summed E-state index contributed by atoms with van der Waals surface area (Å²) in [5, 5.41) is 0. The Kier molecular flexibility index (Phi) is 7.93. The second-order valence-electron chi connectivity index (χ2n) is 3.78. The Hall–Kier alpha value is -1.52. The molecule has 0 N–H and O–H groups in total. The molecule has 0 aliphatic carbocycles. The van der Waals surface area contributed by atoms with Crippen molar-refractivity contribution < 1.29 is 0 Å². The summed E-state index contributed by atoms with van der Waals surface area (Å²) in [7, 11) is 2.00. The SMILES string of the molecule is C#CCN(C)CC(=C)CC(/C=C\C)=C/C=C. The van der Waals surface area contributed by atoms with Crippen molar-refractivity contribution in [1.29, 1.82) is 0 Å². The van der Waals surface area contributed by atoms with Crippen LogP contribution in [-0.4, -0.2) is 25.0 Å². The minimum Gasteiger partial charge on any atom is -0.291 e. The normalized spacial score (nSPS) is 11.8. The average Bonchev–Trinajstić information content (AvgIpc) is 2.18. The quantitative estimate of drug-likeness (QED) is 0.358. The zero-order valence-corrected chi connectivity index (χ0v) is 10.4. The summed E-state index contributed by atoms with van der Waals surface area (Å²) in [6.07, 6.45) is 14.0. The first kappa shape index (κ1) is 14.5. The van der Waals surface area contributed by atoms with E-state index in [1.807, 2.05) is 26.1 Å². The number of allylic oxidation sites excluding steroid dienone is 5. The molecule has 0 rings (SSSR count). The second-order valence-corrected chi connectivity index (χ2v) is 3.78. The molecular formula is C15H21N. The van der Waals surface area contributed by atoms with Crippen molar-refractivity contribution in [2.45, 2.75) is 13.3 Å². The smallest absolute Gasteiger partial charge is 0.0599 e. The Bertz CT molecular complexity index is 326. The van der Waals surface area contributed by atoms with Crippen LogP contribution in [-0.2, 0) is 0 Å². The van der Waals surface area contributed by atoms with E-state index >= 15 is 0 Å². The first-order chi connectivity index (χ1) is 7.63. The van der Waals surface area contributed by atoms with E-state index in [0.29, 0.717) is 6.54 Å². The minimum atomic E-state index is 0.656. The predicted octanol–water partition coefficient (Wildman–Crippen LogP) is 3.19. The van der Waals surface area contributed by atoms with Gasteiger partial charge in [0.2, 0.25) is 0 Å². The number of nitrogens with zero attached hydrogens (tertiary/aromatic N) is 1. The van der Waals surface area contributed by atoms with E-state index in [4.69, 9.17) is 6.42 Å². The molecule has 0 bridgehead atoms. The number of rotatable bonds is 7. The molecule has 0 atom stereocenters. The Morgan fingerprint density at radius 3 is 2.69 bits per heavy atom. The predicted molar refractivity (Wildman–Crippen MR) is 73.2 cm³/mol. The molecule has 0 spiro atoms. The van der Waals surface area contributed by atoms with Crippen molar-refractivity contribution in [3.8, 4) is 12.3 Å². The van der Waals surface area contributed by atoms with E-state index in [-0.39, 0.29) is 0 Å². The van der Waals surface area contributed by atoms with Gasteiger partial charge < -0.3 is 0 Å². The van der Waals surface area contributed by atoms with Gasteiger partial charge in [0.05, 0.1) is 6.54 Å². The molecule has 1 heteroatoms. The maximum atomic E-state index is 5.24. The average molecular weight is 215 g/mol. The minimum absolute atomic E-state index is 0.656. The third-order valence-corrected chi connectivity index (χ3v) is 2.02. The maximum absolute atomic E-state index is 5.24. The van der Waals surface area contributed by atoms with Gasteiger partial charge in [0, 0.05) is 6.54 Å². The molecule has 16 heavy (non-hydrogen) atoms. The lowest BCUT2D eigenvalue weighted by Crippen LogP contribution is -2.21. The lowest BCUT2D eigenvalue weighted by atomic mass is 10.1. The third kappa shape index (κ3) is 6.86. The van der Waals surface area contributed by atoms with E-state index < -0.39 is 0 Å². The first-order valence-corrected chi connectivity index (χ1v) is 5.37. The molecule has 0 heterocycles. The lowest BCUT2D eigenvalue weighted by molar-refractivity contribution is 0.407. The fraction of sp³-hybridized carbons (Fsp3) is 0.333. The van der Waals surface area contributed by atoms with Gasteiger partial charge in [-0.25, -0.2) is 0 Å². The highest BCUT2D eigenvalue weighted by Crippen LogP contribution is 2.12. The first-order valence-electron chi connectivity index (χ1n) is 5.37. The van der Waals surface area contributed by atoms with Crippen LogP contribution in [0.4, 0.5) is 0 Å². The van der Waals surface area contributed by atoms with Crippen molar-refractivity contribution >= 4 is 0 Å². The Labute approximate surface area is 99.8 Å². The van der Waals surface area contributed by atoms with Crippen LogP contribution >= 0.6 is 0 Å². The molecule has 0 aliphatic rings. The van der Waals surface area contributed by atoms with Crippen molar-refractivity contribution in [2.75, 3.05) is 20.1 Å². The standard InChI is InChI=1S/C15H21N/c1-6-9-15(10-7-2)12-14(4)13-16(5)11-8-3/h3,6-7,9-10H,1,4,11-13H2,2,5H3/b10-7-,15-9+. The van der Waals surface area contributed by atoms with Gasteiger partial charge in [0.1, 0.15) is 0 Å². The van der Waals surface area contributed by atoms with Crippen LogP contribution in [0.15, 0.2) is 48.6 Å². The van der Waals surface area contributed by atoms with E-state index in [9.17, 15) is 0 Å². The van der Waals surface area contributed by atoms with Crippen LogP contribution in [0, 0.1) is 12.3 Å². The maximum Gasteiger partial charge on any atom is 0.0599 e. The van der Waals surface area contributed by atoms with Crippen LogP contribution in [0.3, 0.4) is 0 Å². The highest BCUT2D eigenvalue weighted by Gasteiger charge is 2.01. The molecule has 0 aromatic heterocycles. The summed E-state index contributed by atoms with van der Waals surface area (Å²) in [4.78, 5) is 2.07. The van der Waals surface area contributed by atoms with Gasteiger partial charge in [0.15, 0.2) is 0 Å².